The van der Waals surface area contributed by atoms with Crippen molar-refractivity contribution < 1.29 is 0 Å². The molecular weight excluding hydrogens is 3690 g/mol. The molecule has 65 atom stereocenters. The summed E-state index contributed by atoms with van der Waals surface area (Å²) in [6.45, 7) is -31.4. The Morgan fingerprint density at radius 3 is 0.176 bits per heavy atom. The monoisotopic (exact) mass is 3810 g/mol. The van der Waals surface area contributed by atoms with E-state index in [-0.39, 0.29) is 0 Å². The van der Waals surface area contributed by atoms with Gasteiger partial charge >= 0.3 is 0 Å². The Balaban J connectivity index is 16.5. The van der Waals surface area contributed by atoms with Crippen molar-refractivity contribution in [3.63, 3.8) is 0 Å². The lowest BCUT2D eigenvalue weighted by atomic mass is 28.3. The fourth-order valence-electron chi connectivity index (χ4n) is 7.39. The summed E-state index contributed by atoms with van der Waals surface area (Å²) in [4.78, 5) is 0. The lowest BCUT2D eigenvalue weighted by Crippen LogP contribution is -1.78. The molecule has 119 heteroatoms. The van der Waals surface area contributed by atoms with E-state index in [1.807, 2.05) is 0 Å². The van der Waals surface area contributed by atoms with Crippen LogP contribution in [0.4, 0.5) is 0 Å². The summed E-state index contributed by atoms with van der Waals surface area (Å²) in [7, 11) is 235. The smallest absolute Gasteiger partial charge is 0.000000178 e. The van der Waals surface area contributed by atoms with Gasteiger partial charge in [0.1, 0.15) is 0 Å². The van der Waals surface area contributed by atoms with Crippen LogP contribution in [-0.2, 0) is 0 Å². The van der Waals surface area contributed by atoms with Crippen molar-refractivity contribution in [3.8, 4) is 0 Å². The van der Waals surface area contributed by atoms with Gasteiger partial charge in [0.25, 0.3) is 0 Å². The fourth-order valence-corrected chi connectivity index (χ4v) is 1800. The Bertz CT molecular complexity index is 2070. The molecule has 0 aromatic rings. The van der Waals surface area contributed by atoms with Gasteiger partial charge in [0.2, 0.25) is 0 Å². The van der Waals surface area contributed by atoms with Gasteiger partial charge in [-0.2, -0.15) is 0 Å². The van der Waals surface area contributed by atoms with Crippen molar-refractivity contribution in [2.45, 2.75) is 0 Å². The molecule has 0 aliphatic heterocycles. The van der Waals surface area contributed by atoms with Crippen LogP contribution in [0.2, 0.25) is 0 Å². The van der Waals surface area contributed by atoms with E-state index in [2.05, 4.69) is 536 Å². The van der Waals surface area contributed by atoms with Crippen LogP contribution in [0.15, 0.2) is 0 Å². The Kier molecular flexibility index (Phi) is 134. The van der Waals surface area contributed by atoms with Gasteiger partial charge in [0.05, 0.1) is 0 Å². The van der Waals surface area contributed by atoms with E-state index < -0.39 is 405 Å². The van der Waals surface area contributed by atoms with Gasteiger partial charge in [-0.15, -0.1) is 536 Å². The summed E-state index contributed by atoms with van der Waals surface area (Å²) in [6.07, 6.45) is 0. The summed E-state index contributed by atoms with van der Waals surface area (Å²) >= 11 is 0. The van der Waals surface area contributed by atoms with Crippen molar-refractivity contribution in [1.29, 1.82) is 0 Å². The first kappa shape index (κ1) is 170. The van der Waals surface area contributed by atoms with Crippen LogP contribution in [0.1, 0.15) is 0 Å². The predicted octanol–water partition coefficient (Wildman–Crippen LogP) is 70.1. The molecule has 0 nitrogen and oxygen atoms in total. The first-order valence-electron chi connectivity index (χ1n) is 27.1. The number of rotatable bonds is 58. The topological polar surface area (TPSA) is 0 Å². The minimum absolute atomic E-state index is 0.474. The zero-order valence-electron chi connectivity index (χ0n) is 61.1. The van der Waals surface area contributed by atoms with Crippen molar-refractivity contribution >= 4 is 949 Å². The van der Waals surface area contributed by atoms with Gasteiger partial charge < -0.3 is 0 Å². The van der Waals surface area contributed by atoms with E-state index in [0.717, 1.165) is 7.96 Å². The van der Waals surface area contributed by atoms with Gasteiger partial charge in [0.15, 0.2) is 0 Å². The van der Waals surface area contributed by atoms with Gasteiger partial charge in [-0.25, -0.2) is 0 Å². The molecule has 0 spiro atoms. The van der Waals surface area contributed by atoms with Crippen molar-refractivity contribution in [3.05, 3.63) is 0 Å². The molecule has 716 valence electrons. The Morgan fingerprint density at radius 2 is 0.126 bits per heavy atom. The highest BCUT2D eigenvalue weighted by Crippen LogP contribution is 3.57. The maximum absolute atomic E-state index is 4.10. The second kappa shape index (κ2) is 93.5. The van der Waals surface area contributed by atoms with Gasteiger partial charge in [-0.1, -0.05) is 7.96 Å². The van der Waals surface area contributed by atoms with Gasteiger partial charge in [-0.05, 0) is 405 Å². The van der Waals surface area contributed by atoms with E-state index in [1.165, 1.54) is 0 Å². The molecule has 0 rings (SSSR count). The van der Waals surface area contributed by atoms with Crippen LogP contribution in [0.5, 0.6) is 0 Å². The van der Waals surface area contributed by atoms with Crippen LogP contribution < -0.4 is 0 Å². The maximum atomic E-state index is 4.10. The molecular formula is H121P119. The zero-order chi connectivity index (χ0) is 94.2. The Morgan fingerprint density at radius 1 is 0.0756 bits per heavy atom. The highest BCUT2D eigenvalue weighted by atomic mass is 33.7. The molecule has 0 aliphatic rings. The molecule has 0 saturated carbocycles. The summed E-state index contributed by atoms with van der Waals surface area (Å²) in [6, 6.07) is 0. The van der Waals surface area contributed by atoms with Gasteiger partial charge in [0, 0.05) is 0 Å². The van der Waals surface area contributed by atoms with Crippen LogP contribution in [0, 0.1) is 0 Å². The minimum Gasteiger partial charge on any atom is -0.109 e. The van der Waals surface area contributed by atoms with Gasteiger partial charge in [-0.3, -0.25) is 0 Å². The average molecular weight is 3810 g/mol. The highest BCUT2D eigenvalue weighted by Gasteiger charge is 2.70. The lowest BCUT2D eigenvalue weighted by Gasteiger charge is -2.65. The van der Waals surface area contributed by atoms with Crippen molar-refractivity contribution in [2.24, 2.45) is 0 Å². The summed E-state index contributed by atoms with van der Waals surface area (Å²) in [5.74, 6) is 0. The van der Waals surface area contributed by atoms with E-state index in [9.17, 15) is 0 Å². The number of hydrogen-bond acceptors (Lipinski definition) is 0. The summed E-state index contributed by atoms with van der Waals surface area (Å²) in [5.41, 5.74) is 0. The van der Waals surface area contributed by atoms with Crippen LogP contribution in [0.3, 0.4) is 0 Å². The predicted molar refractivity (Wildman–Crippen MR) is 992 cm³/mol. The molecule has 0 aliphatic carbocycles. The fraction of sp³-hybridized carbons (Fsp3) is 0. The van der Waals surface area contributed by atoms with E-state index in [4.69, 9.17) is 0 Å². The largest absolute Gasteiger partial charge is 0.109 e. The molecule has 0 aromatic heterocycles. The summed E-state index contributed by atoms with van der Waals surface area (Å²) < 4.78 is 0. The van der Waals surface area contributed by atoms with Crippen molar-refractivity contribution in [2.75, 3.05) is 0 Å². The normalized spacial score (nSPS) is 15.8. The van der Waals surface area contributed by atoms with E-state index >= 15 is 0 Å². The Hall–Kier alpha value is 51.2. The van der Waals surface area contributed by atoms with Crippen molar-refractivity contribution in [1.82, 2.24) is 0 Å². The van der Waals surface area contributed by atoms with E-state index in [1.54, 1.807) is 0 Å². The third-order valence-electron chi connectivity index (χ3n) is 10.6. The average Bonchev–Trinajstić information content (AvgIpc) is 0.701. The molecule has 0 N–H and O–H groups in total. The molecule has 0 radical (unpaired) electrons. The molecule has 0 saturated heterocycles. The SMILES string of the molecule is PPP(P)P(P(P)P)P(P(P(P(P)P)P(P)P)P(P(P)P)P(P)P)P(P(P(P(P(P)P)P(P)P)P(P(P)P)P(P)P)P(P(P(P)P)P(P)P)P(P(P)P)P(P)P)P(P(P(P(P(P)P)P(P)P)P(P(P)P)P(P)P)P(P(P(P)P)P(P)P)P(P(P)P)P(P)P)P(P(P(P(P)P)P(P)P)P(P(P)P)P(P)P)P(P(P(P)P)P(P)P)P(P(P)P)P(P)P. The van der Waals surface area contributed by atoms with Crippen LogP contribution in [0.25, 0.3) is 0 Å². The molecule has 0 aromatic carbocycles. The zero-order valence-corrected chi connectivity index (χ0v) is 183. The highest BCUT2D eigenvalue weighted by molar-refractivity contribution is 9.63. The molecule has 0 fully saturated rings. The summed E-state index contributed by atoms with van der Waals surface area (Å²) in [5, 5.41) is 0. The number of hydrogen-bond donors (Lipinski definition) is 0. The molecule has 0 bridgehead atoms. The second-order valence-electron chi connectivity index (χ2n) is 19.0. The maximum Gasteiger partial charge on any atom is -0.000000178 e. The standard InChI is InChI=1S/H121P119/c1-61-91(60)106(90(58)59)114(107(92(62(2)3)63(4)5)93(64(6)7)65(8)9)118(115(108(94(66(10)11)67(12)13)95(68(14)15)69(16)17)109(96(70(18)19)71(20)21)97(72(22)23)73(24)25)119(116(110(98(74(26)27)75(28)29)99(76(30)31)77(32)33)111(100(78(34)35)79(36)37)101(80(38)39)81(40)41)117(112(102(82(42)43)83(44)45)103(84(46)47)85(48)49)113(104(86(50)51)87(52)53)105(88(54)55)89(56)57/h61H,1-60H2. The van der Waals surface area contributed by atoms with Crippen LogP contribution in [-0.4, -0.2) is 0 Å². The Labute approximate surface area is 933 Å². The van der Waals surface area contributed by atoms with Crippen LogP contribution >= 0.6 is 949 Å². The molecule has 0 amide bonds. The second-order valence-corrected chi connectivity index (χ2v) is 513. The molecule has 0 heterocycles. The first-order valence-corrected chi connectivity index (χ1v) is 244. The quantitative estimate of drug-likeness (QED) is 0.0533. The van der Waals surface area contributed by atoms with E-state index in [0.29, 0.717) is 0 Å². The lowest BCUT2D eigenvalue weighted by molar-refractivity contribution is 4.28. The third kappa shape index (κ3) is 59.8. The first-order chi connectivity index (χ1) is 54.2. The molecule has 65 unspecified atom stereocenters. The minimum atomic E-state index is -0.801. The third-order valence-corrected chi connectivity index (χ3v) is 861. The molecule has 119 heavy (non-hydrogen) atoms.